The fourth-order valence-corrected chi connectivity index (χ4v) is 2.12. The van der Waals surface area contributed by atoms with E-state index in [1.165, 1.54) is 18.3 Å². The molecule has 0 radical (unpaired) electrons. The summed E-state index contributed by atoms with van der Waals surface area (Å²) in [6, 6.07) is 11.3. The molecule has 5 heteroatoms. The van der Waals surface area contributed by atoms with Crippen molar-refractivity contribution in [3.05, 3.63) is 60.0 Å². The number of carbonyl (C=O) groups excluding carboxylic acids is 1. The van der Waals surface area contributed by atoms with Gasteiger partial charge in [0.25, 0.3) is 0 Å². The monoisotopic (exact) mass is 303 g/mol. The lowest BCUT2D eigenvalue weighted by molar-refractivity contribution is 0.0905. The molecule has 1 aromatic carbocycles. The highest BCUT2D eigenvalue weighted by Crippen LogP contribution is 2.22. The van der Waals surface area contributed by atoms with Crippen LogP contribution in [0.1, 0.15) is 31.2 Å². The molecule has 0 amide bonds. The van der Waals surface area contributed by atoms with Gasteiger partial charge in [-0.1, -0.05) is 31.5 Å². The van der Waals surface area contributed by atoms with E-state index in [2.05, 4.69) is 4.98 Å². The highest BCUT2D eigenvalue weighted by molar-refractivity contribution is 5.63. The molecule has 0 N–H and O–H groups in total. The quantitative estimate of drug-likeness (QED) is 0.746. The molecule has 1 unspecified atom stereocenters. The van der Waals surface area contributed by atoms with Gasteiger partial charge in [-0.15, -0.1) is 0 Å². The van der Waals surface area contributed by atoms with E-state index in [0.717, 1.165) is 18.4 Å². The number of ether oxygens (including phenoxy) is 2. The minimum absolute atomic E-state index is 0.0156. The summed E-state index contributed by atoms with van der Waals surface area (Å²) in [5.41, 5.74) is 0.939. The van der Waals surface area contributed by atoms with Crippen LogP contribution in [0.2, 0.25) is 0 Å². The Labute approximate surface area is 128 Å². The second kappa shape index (κ2) is 8.12. The molecule has 0 aliphatic carbocycles. The van der Waals surface area contributed by atoms with Gasteiger partial charge in [-0.25, -0.2) is 14.2 Å². The Morgan fingerprint density at radius 2 is 2.00 bits per heavy atom. The van der Waals surface area contributed by atoms with Gasteiger partial charge < -0.3 is 9.47 Å². The Kier molecular flexibility index (Phi) is 5.89. The lowest BCUT2D eigenvalue weighted by Crippen LogP contribution is -2.16. The summed E-state index contributed by atoms with van der Waals surface area (Å²) in [4.78, 5) is 15.5. The van der Waals surface area contributed by atoms with Gasteiger partial charge in [0.15, 0.2) is 0 Å². The van der Waals surface area contributed by atoms with E-state index in [1.807, 2.05) is 6.92 Å². The SMILES string of the molecule is CCCC(COC(=O)Oc1ccccn1)c1ccc(F)cc1. The maximum atomic E-state index is 13.0. The standard InChI is InChI=1S/C17H18FNO3/c1-2-5-14(13-7-9-15(18)10-8-13)12-21-17(20)22-16-6-3-4-11-19-16/h3-4,6-11,14H,2,5,12H2,1H3. The maximum absolute atomic E-state index is 13.0. The number of rotatable bonds is 6. The summed E-state index contributed by atoms with van der Waals surface area (Å²) >= 11 is 0. The van der Waals surface area contributed by atoms with Gasteiger partial charge in [0.2, 0.25) is 5.88 Å². The number of benzene rings is 1. The van der Waals surface area contributed by atoms with Crippen LogP contribution in [0.25, 0.3) is 0 Å². The third kappa shape index (κ3) is 4.84. The Balaban J connectivity index is 1.91. The molecule has 0 bridgehead atoms. The van der Waals surface area contributed by atoms with Gasteiger partial charge in [0, 0.05) is 18.2 Å². The van der Waals surface area contributed by atoms with Crippen LogP contribution in [0, 0.1) is 5.82 Å². The van der Waals surface area contributed by atoms with E-state index in [-0.39, 0.29) is 24.2 Å². The summed E-state index contributed by atoms with van der Waals surface area (Å²) in [6.45, 7) is 2.23. The molecular weight excluding hydrogens is 285 g/mol. The summed E-state index contributed by atoms with van der Waals surface area (Å²) < 4.78 is 23.1. The molecule has 1 atom stereocenters. The van der Waals surface area contributed by atoms with E-state index in [4.69, 9.17) is 9.47 Å². The molecule has 0 aliphatic heterocycles. The van der Waals surface area contributed by atoms with Crippen molar-refractivity contribution >= 4 is 6.16 Å². The van der Waals surface area contributed by atoms with Crippen LogP contribution in [-0.4, -0.2) is 17.7 Å². The molecule has 0 saturated heterocycles. The van der Waals surface area contributed by atoms with E-state index < -0.39 is 6.16 Å². The van der Waals surface area contributed by atoms with Gasteiger partial charge in [-0.3, -0.25) is 0 Å². The Bertz CT molecular complexity index is 587. The van der Waals surface area contributed by atoms with Crippen LogP contribution in [-0.2, 0) is 4.74 Å². The van der Waals surface area contributed by atoms with Gasteiger partial charge in [-0.2, -0.15) is 0 Å². The predicted molar refractivity (Wildman–Crippen MR) is 80.3 cm³/mol. The molecule has 2 rings (SSSR count). The minimum atomic E-state index is -0.790. The molecule has 4 nitrogen and oxygen atoms in total. The zero-order valence-corrected chi connectivity index (χ0v) is 12.4. The average Bonchev–Trinajstić information content (AvgIpc) is 2.53. The van der Waals surface area contributed by atoms with Crippen LogP contribution in [0.5, 0.6) is 5.88 Å². The molecule has 0 aliphatic rings. The topological polar surface area (TPSA) is 48.4 Å². The van der Waals surface area contributed by atoms with Gasteiger partial charge in [0.05, 0.1) is 0 Å². The van der Waals surface area contributed by atoms with Crippen molar-refractivity contribution in [1.29, 1.82) is 0 Å². The first kappa shape index (κ1) is 15.9. The third-order valence-electron chi connectivity index (χ3n) is 3.21. The van der Waals surface area contributed by atoms with Gasteiger partial charge >= 0.3 is 6.16 Å². The second-order valence-corrected chi connectivity index (χ2v) is 4.87. The number of hydrogen-bond acceptors (Lipinski definition) is 4. The van der Waals surface area contributed by atoms with Gasteiger partial charge in [-0.05, 0) is 30.2 Å². The van der Waals surface area contributed by atoms with Crippen molar-refractivity contribution in [3.8, 4) is 5.88 Å². The molecule has 0 fully saturated rings. The fraction of sp³-hybridized carbons (Fsp3) is 0.294. The predicted octanol–water partition coefficient (Wildman–Crippen LogP) is 4.32. The molecule has 116 valence electrons. The van der Waals surface area contributed by atoms with Crippen molar-refractivity contribution in [1.82, 2.24) is 4.98 Å². The number of nitrogens with zero attached hydrogens (tertiary/aromatic N) is 1. The van der Waals surface area contributed by atoms with Crippen LogP contribution in [0.4, 0.5) is 9.18 Å². The van der Waals surface area contributed by atoms with E-state index in [9.17, 15) is 9.18 Å². The van der Waals surface area contributed by atoms with Crippen molar-refractivity contribution in [2.24, 2.45) is 0 Å². The maximum Gasteiger partial charge on any atom is 0.515 e. The molecule has 1 heterocycles. The van der Waals surface area contributed by atoms with Crippen molar-refractivity contribution in [2.75, 3.05) is 6.61 Å². The van der Waals surface area contributed by atoms with Crippen molar-refractivity contribution in [2.45, 2.75) is 25.7 Å². The zero-order chi connectivity index (χ0) is 15.8. The second-order valence-electron chi connectivity index (χ2n) is 4.87. The van der Waals surface area contributed by atoms with Crippen molar-refractivity contribution < 1.29 is 18.7 Å². The fourth-order valence-electron chi connectivity index (χ4n) is 2.12. The molecule has 22 heavy (non-hydrogen) atoms. The van der Waals surface area contributed by atoms with Crippen LogP contribution >= 0.6 is 0 Å². The molecule has 0 spiro atoms. The summed E-state index contributed by atoms with van der Waals surface area (Å²) in [6.07, 6.45) is 2.51. The molecule has 1 aromatic heterocycles. The summed E-state index contributed by atoms with van der Waals surface area (Å²) in [5, 5.41) is 0. The number of aromatic nitrogens is 1. The molecule has 2 aromatic rings. The first-order valence-electron chi connectivity index (χ1n) is 7.20. The largest absolute Gasteiger partial charge is 0.515 e. The highest BCUT2D eigenvalue weighted by Gasteiger charge is 2.15. The number of carbonyl (C=O) groups is 1. The summed E-state index contributed by atoms with van der Waals surface area (Å²) in [7, 11) is 0. The van der Waals surface area contributed by atoms with Crippen LogP contribution in [0.3, 0.4) is 0 Å². The molecular formula is C17H18FNO3. The number of hydrogen-bond donors (Lipinski definition) is 0. The Morgan fingerprint density at radius 1 is 1.23 bits per heavy atom. The first-order chi connectivity index (χ1) is 10.7. The van der Waals surface area contributed by atoms with Crippen molar-refractivity contribution in [3.63, 3.8) is 0 Å². The van der Waals surface area contributed by atoms with E-state index in [0.29, 0.717) is 0 Å². The summed E-state index contributed by atoms with van der Waals surface area (Å²) in [5.74, 6) is -0.0716. The normalized spacial score (nSPS) is 11.7. The average molecular weight is 303 g/mol. The lowest BCUT2D eigenvalue weighted by Gasteiger charge is -2.16. The number of pyridine rings is 1. The van der Waals surface area contributed by atoms with E-state index >= 15 is 0 Å². The van der Waals surface area contributed by atoms with Crippen LogP contribution in [0.15, 0.2) is 48.7 Å². The first-order valence-corrected chi connectivity index (χ1v) is 7.20. The Morgan fingerprint density at radius 3 is 2.64 bits per heavy atom. The Hall–Kier alpha value is -2.43. The van der Waals surface area contributed by atoms with Gasteiger partial charge in [0.1, 0.15) is 12.4 Å². The minimum Gasteiger partial charge on any atom is -0.433 e. The number of halogens is 1. The third-order valence-corrected chi connectivity index (χ3v) is 3.21. The lowest BCUT2D eigenvalue weighted by atomic mass is 9.95. The molecule has 0 saturated carbocycles. The van der Waals surface area contributed by atoms with Crippen LogP contribution < -0.4 is 4.74 Å². The smallest absolute Gasteiger partial charge is 0.433 e. The zero-order valence-electron chi connectivity index (χ0n) is 12.4. The highest BCUT2D eigenvalue weighted by atomic mass is 19.1. The van der Waals surface area contributed by atoms with E-state index in [1.54, 1.807) is 30.3 Å².